The summed E-state index contributed by atoms with van der Waals surface area (Å²) in [6.07, 6.45) is 9.35. The van der Waals surface area contributed by atoms with Crippen molar-refractivity contribution in [3.05, 3.63) is 72.8 Å². The van der Waals surface area contributed by atoms with E-state index in [0.717, 1.165) is 24.2 Å². The number of nitrogens with one attached hydrogen (secondary N) is 2. The molecule has 0 aliphatic carbocycles. The van der Waals surface area contributed by atoms with Crippen LogP contribution in [0.1, 0.15) is 29.6 Å². The topological polar surface area (TPSA) is 113 Å². The number of fused-ring (bicyclic) bond motifs is 1. The van der Waals surface area contributed by atoms with Crippen molar-refractivity contribution in [2.45, 2.75) is 19.3 Å². The molecule has 0 spiro atoms. The number of hydrogen-bond donors (Lipinski definition) is 3. The summed E-state index contributed by atoms with van der Waals surface area (Å²) >= 11 is 0. The molecule has 0 unspecified atom stereocenters. The van der Waals surface area contributed by atoms with Crippen molar-refractivity contribution >= 4 is 28.7 Å². The summed E-state index contributed by atoms with van der Waals surface area (Å²) in [5, 5.41) is 19.6. The first-order valence-corrected chi connectivity index (χ1v) is 11.9. The SMILES string of the molecule is CNC(=O)CC1CCN(C(=O)c2cnn3ccc(Nc4cc(OO)ccc4-n4cccc4)cc23)CC1. The van der Waals surface area contributed by atoms with E-state index in [1.165, 1.54) is 0 Å². The van der Waals surface area contributed by atoms with Crippen LogP contribution < -0.4 is 15.5 Å². The highest BCUT2D eigenvalue weighted by atomic mass is 17.1. The van der Waals surface area contributed by atoms with Crippen molar-refractivity contribution in [2.24, 2.45) is 5.92 Å². The fourth-order valence-electron chi connectivity index (χ4n) is 4.65. The zero-order chi connectivity index (χ0) is 25.1. The van der Waals surface area contributed by atoms with Gasteiger partial charge in [0.25, 0.3) is 5.91 Å². The average Bonchev–Trinajstić information content (AvgIpc) is 3.59. The average molecular weight is 489 g/mol. The monoisotopic (exact) mass is 488 g/mol. The van der Waals surface area contributed by atoms with Crippen LogP contribution in [0, 0.1) is 5.92 Å². The largest absolute Gasteiger partial charge is 0.359 e. The number of likely N-dealkylation sites (tertiary alicyclic amines) is 1. The molecule has 10 heteroatoms. The van der Waals surface area contributed by atoms with Gasteiger partial charge in [-0.3, -0.25) is 9.59 Å². The first kappa shape index (κ1) is 23.4. The Labute approximate surface area is 208 Å². The Morgan fingerprint density at radius 1 is 1.11 bits per heavy atom. The molecule has 10 nitrogen and oxygen atoms in total. The summed E-state index contributed by atoms with van der Waals surface area (Å²) in [5.41, 5.74) is 3.55. The van der Waals surface area contributed by atoms with Gasteiger partial charge in [0.05, 0.1) is 28.7 Å². The molecule has 1 fully saturated rings. The van der Waals surface area contributed by atoms with E-state index >= 15 is 0 Å². The number of pyridine rings is 1. The first-order chi connectivity index (χ1) is 17.6. The summed E-state index contributed by atoms with van der Waals surface area (Å²) in [7, 11) is 1.65. The highest BCUT2D eigenvalue weighted by Crippen LogP contribution is 2.30. The third kappa shape index (κ3) is 4.76. The second-order valence-corrected chi connectivity index (χ2v) is 8.90. The van der Waals surface area contributed by atoms with Crippen LogP contribution in [0.3, 0.4) is 0 Å². The van der Waals surface area contributed by atoms with Crippen molar-refractivity contribution in [3.63, 3.8) is 0 Å². The maximum Gasteiger partial charge on any atom is 0.257 e. The normalized spacial score (nSPS) is 14.1. The van der Waals surface area contributed by atoms with Gasteiger partial charge < -0.3 is 25.0 Å². The molecule has 0 saturated carbocycles. The van der Waals surface area contributed by atoms with Crippen molar-refractivity contribution in [3.8, 4) is 11.4 Å². The Balaban J connectivity index is 1.37. The Morgan fingerprint density at radius 3 is 2.61 bits per heavy atom. The van der Waals surface area contributed by atoms with E-state index in [9.17, 15) is 9.59 Å². The van der Waals surface area contributed by atoms with Crippen LogP contribution in [0.5, 0.6) is 5.75 Å². The molecule has 3 N–H and O–H groups in total. The lowest BCUT2D eigenvalue weighted by atomic mass is 9.93. The van der Waals surface area contributed by atoms with E-state index in [4.69, 9.17) is 5.26 Å². The molecule has 5 rings (SSSR count). The van der Waals surface area contributed by atoms with Crippen LogP contribution in [0.4, 0.5) is 11.4 Å². The zero-order valence-corrected chi connectivity index (χ0v) is 19.9. The molecule has 1 aromatic carbocycles. The number of benzene rings is 1. The Bertz CT molecular complexity index is 1370. The Morgan fingerprint density at radius 2 is 1.89 bits per heavy atom. The van der Waals surface area contributed by atoms with Gasteiger partial charge in [0.2, 0.25) is 5.91 Å². The molecule has 0 bridgehead atoms. The van der Waals surface area contributed by atoms with E-state index in [0.29, 0.717) is 47.9 Å². The number of carbonyl (C=O) groups is 2. The number of rotatable bonds is 7. The van der Waals surface area contributed by atoms with Crippen LogP contribution >= 0.6 is 0 Å². The minimum atomic E-state index is -0.0655. The highest BCUT2D eigenvalue weighted by Gasteiger charge is 2.26. The molecule has 1 aliphatic rings. The third-order valence-corrected chi connectivity index (χ3v) is 6.64. The number of piperidine rings is 1. The minimum Gasteiger partial charge on any atom is -0.359 e. The summed E-state index contributed by atoms with van der Waals surface area (Å²) in [5.74, 6) is 0.569. The van der Waals surface area contributed by atoms with E-state index in [1.54, 1.807) is 36.1 Å². The van der Waals surface area contributed by atoms with E-state index < -0.39 is 0 Å². The molecule has 186 valence electrons. The van der Waals surface area contributed by atoms with Crippen molar-refractivity contribution in [1.29, 1.82) is 0 Å². The van der Waals surface area contributed by atoms with Gasteiger partial charge in [-0.15, -0.1) is 0 Å². The number of carbonyl (C=O) groups excluding carboxylic acids is 2. The minimum absolute atomic E-state index is 0.0402. The number of nitrogens with zero attached hydrogens (tertiary/aromatic N) is 4. The number of aromatic nitrogens is 3. The highest BCUT2D eigenvalue weighted by molar-refractivity contribution is 6.01. The molecule has 0 atom stereocenters. The van der Waals surface area contributed by atoms with Crippen molar-refractivity contribution in [1.82, 2.24) is 24.4 Å². The van der Waals surface area contributed by atoms with Crippen LogP contribution in [0.2, 0.25) is 0 Å². The summed E-state index contributed by atoms with van der Waals surface area (Å²) < 4.78 is 3.63. The lowest BCUT2D eigenvalue weighted by Crippen LogP contribution is -2.39. The summed E-state index contributed by atoms with van der Waals surface area (Å²) in [4.78, 5) is 31.3. The van der Waals surface area contributed by atoms with Crippen LogP contribution in [-0.4, -0.2) is 56.3 Å². The lowest BCUT2D eigenvalue weighted by molar-refractivity contribution is -0.137. The second kappa shape index (κ2) is 10.1. The molecule has 0 radical (unpaired) electrons. The predicted octanol–water partition coefficient (Wildman–Crippen LogP) is 3.71. The zero-order valence-electron chi connectivity index (χ0n) is 19.9. The lowest BCUT2D eigenvalue weighted by Gasteiger charge is -2.31. The molecule has 1 aliphatic heterocycles. The molecular weight excluding hydrogens is 460 g/mol. The third-order valence-electron chi connectivity index (χ3n) is 6.64. The van der Waals surface area contributed by atoms with Crippen LogP contribution in [-0.2, 0) is 4.79 Å². The van der Waals surface area contributed by atoms with Crippen molar-refractivity contribution < 1.29 is 19.7 Å². The number of amides is 2. The fraction of sp³-hybridized carbons (Fsp3) is 0.269. The van der Waals surface area contributed by atoms with Crippen LogP contribution in [0.25, 0.3) is 11.2 Å². The molecular formula is C26H28N6O4. The van der Waals surface area contributed by atoms with E-state index in [-0.39, 0.29) is 11.8 Å². The Hall–Kier alpha value is -4.31. The predicted molar refractivity (Wildman–Crippen MR) is 135 cm³/mol. The molecule has 4 heterocycles. The van der Waals surface area contributed by atoms with Gasteiger partial charge in [0, 0.05) is 56.9 Å². The number of hydrogen-bond acceptors (Lipinski definition) is 6. The van der Waals surface area contributed by atoms with Gasteiger partial charge in [0.15, 0.2) is 5.75 Å². The van der Waals surface area contributed by atoms with E-state index in [2.05, 4.69) is 20.6 Å². The Kier molecular flexibility index (Phi) is 6.59. The molecule has 4 aromatic rings. The summed E-state index contributed by atoms with van der Waals surface area (Å²) in [6.45, 7) is 1.23. The quantitative estimate of drug-likeness (QED) is 0.270. The fourth-order valence-corrected chi connectivity index (χ4v) is 4.65. The smallest absolute Gasteiger partial charge is 0.257 e. The van der Waals surface area contributed by atoms with Crippen molar-refractivity contribution in [2.75, 3.05) is 25.5 Å². The number of anilines is 2. The first-order valence-electron chi connectivity index (χ1n) is 11.9. The van der Waals surface area contributed by atoms with E-state index in [1.807, 2.05) is 52.2 Å². The molecule has 3 aromatic heterocycles. The van der Waals surface area contributed by atoms with Gasteiger partial charge in [-0.05, 0) is 55.2 Å². The summed E-state index contributed by atoms with van der Waals surface area (Å²) in [6, 6.07) is 12.8. The van der Waals surface area contributed by atoms with Crippen LogP contribution in [0.15, 0.2) is 67.3 Å². The maximum atomic E-state index is 13.3. The molecule has 2 amide bonds. The van der Waals surface area contributed by atoms with Gasteiger partial charge in [-0.2, -0.15) is 5.10 Å². The molecule has 36 heavy (non-hydrogen) atoms. The van der Waals surface area contributed by atoms with Gasteiger partial charge >= 0.3 is 0 Å². The maximum absolute atomic E-state index is 13.3. The van der Waals surface area contributed by atoms with Gasteiger partial charge in [0.1, 0.15) is 0 Å². The standard InChI is InChI=1S/C26H28N6O4/c1-27-25(33)14-18-6-11-31(12-7-18)26(34)21-17-28-32-13-8-19(15-24(21)32)29-22-16-20(36-35)4-5-23(22)30-9-2-3-10-30/h2-5,8-10,13,15-18,29,35H,6-7,11-12,14H2,1H3,(H,27,33). The van der Waals surface area contributed by atoms with Gasteiger partial charge in [-0.25, -0.2) is 9.77 Å². The molecule has 1 saturated heterocycles. The van der Waals surface area contributed by atoms with Gasteiger partial charge in [-0.1, -0.05) is 0 Å². The second-order valence-electron chi connectivity index (χ2n) is 8.90.